The van der Waals surface area contributed by atoms with E-state index in [1.54, 1.807) is 18.2 Å². The fourth-order valence-corrected chi connectivity index (χ4v) is 1.26. The Morgan fingerprint density at radius 2 is 1.76 bits per heavy atom. The molecule has 0 aliphatic carbocycles. The molecule has 0 fully saturated rings. The van der Waals surface area contributed by atoms with Gasteiger partial charge in [-0.25, -0.2) is 0 Å². The lowest BCUT2D eigenvalue weighted by Crippen LogP contribution is -2.12. The number of rotatable bonds is 5. The van der Waals surface area contributed by atoms with Crippen molar-refractivity contribution in [3.63, 3.8) is 0 Å². The largest absolute Gasteiger partial charge is 0.493 e. The quantitative estimate of drug-likeness (QED) is 0.574. The summed E-state index contributed by atoms with van der Waals surface area (Å²) in [6.45, 7) is 0.979. The Balaban J connectivity index is 2.84. The van der Waals surface area contributed by atoms with Crippen LogP contribution >= 0.6 is 0 Å². The van der Waals surface area contributed by atoms with Gasteiger partial charge in [0.15, 0.2) is 23.9 Å². The average Bonchev–Trinajstić information content (AvgIpc) is 2.34. The molecular weight excluding hydrogens is 224 g/mol. The minimum atomic E-state index is -0.487. The molecular formula is C12H14O5. The third kappa shape index (κ3) is 3.48. The molecule has 1 aromatic rings. The maximum atomic E-state index is 11.6. The molecule has 0 bridgehead atoms. The van der Waals surface area contributed by atoms with Crippen molar-refractivity contribution in [3.05, 3.63) is 23.8 Å². The second-order valence-corrected chi connectivity index (χ2v) is 3.27. The van der Waals surface area contributed by atoms with Crippen molar-refractivity contribution in [2.24, 2.45) is 0 Å². The van der Waals surface area contributed by atoms with Crippen molar-refractivity contribution >= 4 is 11.8 Å². The van der Waals surface area contributed by atoms with Crippen LogP contribution in [-0.4, -0.2) is 32.6 Å². The number of hydrogen-bond acceptors (Lipinski definition) is 5. The molecule has 0 saturated carbocycles. The average molecular weight is 238 g/mol. The summed E-state index contributed by atoms with van der Waals surface area (Å²) in [5.74, 6) is 0.220. The number of Topliss-reactive ketones (excluding diaryl/α,β-unsaturated/α-hetero) is 1. The Kier molecular flexibility index (Phi) is 4.51. The van der Waals surface area contributed by atoms with E-state index in [0.717, 1.165) is 0 Å². The molecule has 0 radical (unpaired) electrons. The van der Waals surface area contributed by atoms with Gasteiger partial charge in [0.05, 0.1) is 14.2 Å². The molecule has 0 atom stereocenters. The highest BCUT2D eigenvalue weighted by atomic mass is 16.5. The highest BCUT2D eigenvalue weighted by molar-refractivity contribution is 5.98. The van der Waals surface area contributed by atoms with Crippen molar-refractivity contribution < 1.29 is 23.8 Å². The summed E-state index contributed by atoms with van der Waals surface area (Å²) in [7, 11) is 3.00. The normalized spacial score (nSPS) is 9.59. The smallest absolute Gasteiger partial charge is 0.303 e. The number of ketones is 1. The minimum absolute atomic E-state index is 0.273. The van der Waals surface area contributed by atoms with E-state index in [0.29, 0.717) is 17.1 Å². The van der Waals surface area contributed by atoms with Gasteiger partial charge in [-0.2, -0.15) is 0 Å². The Morgan fingerprint density at radius 3 is 2.29 bits per heavy atom. The topological polar surface area (TPSA) is 61.8 Å². The first-order chi connectivity index (χ1) is 8.08. The molecule has 5 nitrogen and oxygen atoms in total. The molecule has 1 aromatic carbocycles. The predicted molar refractivity (Wildman–Crippen MR) is 60.5 cm³/mol. The van der Waals surface area contributed by atoms with Crippen LogP contribution in [0.3, 0.4) is 0 Å². The number of benzene rings is 1. The van der Waals surface area contributed by atoms with Gasteiger partial charge in [0.1, 0.15) is 0 Å². The number of carbonyl (C=O) groups is 2. The predicted octanol–water partition coefficient (Wildman–Crippen LogP) is 1.45. The zero-order valence-electron chi connectivity index (χ0n) is 9.98. The molecule has 17 heavy (non-hydrogen) atoms. The van der Waals surface area contributed by atoms with Crippen LogP contribution < -0.4 is 9.47 Å². The number of methoxy groups -OCH3 is 2. The number of esters is 1. The lowest BCUT2D eigenvalue weighted by atomic mass is 10.1. The van der Waals surface area contributed by atoms with Gasteiger partial charge in [0.25, 0.3) is 0 Å². The molecule has 92 valence electrons. The van der Waals surface area contributed by atoms with Crippen LogP contribution in [0.2, 0.25) is 0 Å². The molecule has 0 unspecified atom stereocenters. The maximum absolute atomic E-state index is 11.6. The standard InChI is InChI=1S/C12H14O5/c1-8(13)17-7-10(14)9-4-5-11(15-2)12(6-9)16-3/h4-6H,7H2,1-3H3. The third-order valence-corrected chi connectivity index (χ3v) is 2.11. The Labute approximate surface area is 99.3 Å². The summed E-state index contributed by atoms with van der Waals surface area (Å²) >= 11 is 0. The number of carbonyl (C=O) groups excluding carboxylic acids is 2. The Morgan fingerprint density at radius 1 is 1.12 bits per heavy atom. The van der Waals surface area contributed by atoms with Crippen LogP contribution in [0, 0.1) is 0 Å². The summed E-state index contributed by atoms with van der Waals surface area (Å²) in [5.41, 5.74) is 0.406. The van der Waals surface area contributed by atoms with Gasteiger partial charge in [-0.05, 0) is 18.2 Å². The third-order valence-electron chi connectivity index (χ3n) is 2.11. The highest BCUT2D eigenvalue weighted by Crippen LogP contribution is 2.27. The van der Waals surface area contributed by atoms with Gasteiger partial charge in [-0.1, -0.05) is 0 Å². The van der Waals surface area contributed by atoms with Crippen molar-refractivity contribution in [1.29, 1.82) is 0 Å². The molecule has 0 aromatic heterocycles. The molecule has 0 amide bonds. The molecule has 0 saturated heterocycles. The van der Waals surface area contributed by atoms with Gasteiger partial charge in [-0.3, -0.25) is 9.59 Å². The molecule has 1 rings (SSSR count). The molecule has 0 spiro atoms. The van der Waals surface area contributed by atoms with E-state index in [2.05, 4.69) is 4.74 Å². The second kappa shape index (κ2) is 5.89. The Bertz CT molecular complexity index is 425. The van der Waals surface area contributed by atoms with Crippen molar-refractivity contribution in [1.82, 2.24) is 0 Å². The maximum Gasteiger partial charge on any atom is 0.303 e. The van der Waals surface area contributed by atoms with Crippen molar-refractivity contribution in [2.45, 2.75) is 6.92 Å². The summed E-state index contributed by atoms with van der Waals surface area (Å²) in [5, 5.41) is 0. The van der Waals surface area contributed by atoms with Gasteiger partial charge in [0.2, 0.25) is 0 Å². The molecule has 5 heteroatoms. The number of hydrogen-bond donors (Lipinski definition) is 0. The van der Waals surface area contributed by atoms with E-state index in [4.69, 9.17) is 9.47 Å². The monoisotopic (exact) mass is 238 g/mol. The molecule has 0 aliphatic heterocycles. The summed E-state index contributed by atoms with van der Waals surface area (Å²) in [6.07, 6.45) is 0. The van der Waals surface area contributed by atoms with E-state index < -0.39 is 5.97 Å². The van der Waals surface area contributed by atoms with Gasteiger partial charge >= 0.3 is 5.97 Å². The van der Waals surface area contributed by atoms with Crippen LogP contribution in [0.4, 0.5) is 0 Å². The van der Waals surface area contributed by atoms with Gasteiger partial charge in [0, 0.05) is 12.5 Å². The van der Waals surface area contributed by atoms with Crippen molar-refractivity contribution in [2.75, 3.05) is 20.8 Å². The minimum Gasteiger partial charge on any atom is -0.493 e. The van der Waals surface area contributed by atoms with E-state index >= 15 is 0 Å². The summed E-state index contributed by atoms with van der Waals surface area (Å²) < 4.78 is 14.7. The van der Waals surface area contributed by atoms with Crippen LogP contribution in [0.25, 0.3) is 0 Å². The molecule has 0 heterocycles. The fourth-order valence-electron chi connectivity index (χ4n) is 1.26. The summed E-state index contributed by atoms with van der Waals surface area (Å²) in [4.78, 5) is 22.2. The van der Waals surface area contributed by atoms with Crippen LogP contribution in [-0.2, 0) is 9.53 Å². The van der Waals surface area contributed by atoms with Crippen LogP contribution in [0.15, 0.2) is 18.2 Å². The van der Waals surface area contributed by atoms with Crippen LogP contribution in [0.1, 0.15) is 17.3 Å². The molecule has 0 N–H and O–H groups in total. The van der Waals surface area contributed by atoms with E-state index in [9.17, 15) is 9.59 Å². The number of ether oxygens (including phenoxy) is 3. The van der Waals surface area contributed by atoms with E-state index in [1.165, 1.54) is 21.1 Å². The zero-order chi connectivity index (χ0) is 12.8. The highest BCUT2D eigenvalue weighted by Gasteiger charge is 2.11. The molecule has 0 aliphatic rings. The first-order valence-electron chi connectivity index (χ1n) is 4.97. The van der Waals surface area contributed by atoms with Crippen LogP contribution in [0.5, 0.6) is 11.5 Å². The SMILES string of the molecule is COc1ccc(C(=O)COC(C)=O)cc1OC. The second-order valence-electron chi connectivity index (χ2n) is 3.27. The van der Waals surface area contributed by atoms with Gasteiger partial charge in [-0.15, -0.1) is 0 Å². The lowest BCUT2D eigenvalue weighted by Gasteiger charge is -2.08. The first-order valence-corrected chi connectivity index (χ1v) is 4.97. The van der Waals surface area contributed by atoms with Gasteiger partial charge < -0.3 is 14.2 Å². The lowest BCUT2D eigenvalue weighted by molar-refractivity contribution is -0.139. The van der Waals surface area contributed by atoms with E-state index in [-0.39, 0.29) is 12.4 Å². The van der Waals surface area contributed by atoms with E-state index in [1.807, 2.05) is 0 Å². The summed E-state index contributed by atoms with van der Waals surface area (Å²) in [6, 6.07) is 4.76. The van der Waals surface area contributed by atoms with Crippen molar-refractivity contribution in [3.8, 4) is 11.5 Å². The fraction of sp³-hybridized carbons (Fsp3) is 0.333. The Hall–Kier alpha value is -2.04. The first kappa shape index (κ1) is 13.0. The zero-order valence-corrected chi connectivity index (χ0v) is 9.98.